The number of rotatable bonds is 7. The molecule has 0 unspecified atom stereocenters. The second-order valence-electron chi connectivity index (χ2n) is 5.34. The summed E-state index contributed by atoms with van der Waals surface area (Å²) in [4.78, 5) is 0. The first-order valence-electron chi connectivity index (χ1n) is 7.81. The van der Waals surface area contributed by atoms with Gasteiger partial charge in [-0.05, 0) is 53.2 Å². The van der Waals surface area contributed by atoms with E-state index in [9.17, 15) is 0 Å². The van der Waals surface area contributed by atoms with Crippen molar-refractivity contribution in [3.8, 4) is 5.75 Å². The zero-order valence-corrected chi connectivity index (χ0v) is 15.1. The smallest absolute Gasteiger partial charge is 0.243 e. The van der Waals surface area contributed by atoms with Crippen molar-refractivity contribution < 1.29 is 4.74 Å². The molecule has 0 spiro atoms. The molecule has 2 aromatic carbocycles. The quantitative estimate of drug-likeness (QED) is 0.668. The highest BCUT2D eigenvalue weighted by atomic mass is 35.5. The minimum Gasteiger partial charge on any atom is -0.489 e. The predicted molar refractivity (Wildman–Crippen MR) is 98.1 cm³/mol. The third kappa shape index (κ3) is 4.61. The molecule has 0 radical (unpaired) electrons. The van der Waals surface area contributed by atoms with Crippen LogP contribution in [-0.2, 0) is 19.7 Å². The number of aryl methyl sites for hydroxylation is 1. The fourth-order valence-electron chi connectivity index (χ4n) is 2.33. The molecule has 0 aliphatic rings. The molecule has 0 saturated carbocycles. The maximum Gasteiger partial charge on any atom is 0.243 e. The lowest BCUT2D eigenvalue weighted by Crippen LogP contribution is -2.09. The van der Waals surface area contributed by atoms with Crippen LogP contribution in [0.1, 0.15) is 18.1 Å². The van der Waals surface area contributed by atoms with Crippen LogP contribution in [0.3, 0.4) is 0 Å². The van der Waals surface area contributed by atoms with Gasteiger partial charge in [-0.3, -0.25) is 0 Å². The molecule has 0 saturated heterocycles. The number of hydrogen-bond acceptors (Lipinski definition) is 5. The topological polar surface area (TPSA) is 64.9 Å². The van der Waals surface area contributed by atoms with Gasteiger partial charge in [-0.2, -0.15) is 0 Å². The Labute approximate surface area is 155 Å². The van der Waals surface area contributed by atoms with Gasteiger partial charge < -0.3 is 10.1 Å². The van der Waals surface area contributed by atoms with Crippen molar-refractivity contribution >= 4 is 29.2 Å². The third-order valence-corrected chi connectivity index (χ3v) is 4.04. The Kier molecular flexibility index (Phi) is 5.73. The Bertz CT molecular complexity index is 853. The Balaban J connectivity index is 1.71. The van der Waals surface area contributed by atoms with E-state index < -0.39 is 0 Å². The number of aromatic nitrogens is 4. The van der Waals surface area contributed by atoms with E-state index in [0.717, 1.165) is 16.9 Å². The molecule has 0 amide bonds. The lowest BCUT2D eigenvalue weighted by molar-refractivity contribution is 0.303. The Morgan fingerprint density at radius 3 is 2.76 bits per heavy atom. The van der Waals surface area contributed by atoms with Crippen molar-refractivity contribution in [2.75, 3.05) is 5.32 Å². The fraction of sp³-hybridized carbons (Fsp3) is 0.235. The third-order valence-electron chi connectivity index (χ3n) is 3.57. The van der Waals surface area contributed by atoms with Gasteiger partial charge >= 0.3 is 0 Å². The maximum absolute atomic E-state index is 6.13. The van der Waals surface area contributed by atoms with E-state index in [-0.39, 0.29) is 0 Å². The largest absolute Gasteiger partial charge is 0.489 e. The van der Waals surface area contributed by atoms with Crippen LogP contribution in [0.25, 0.3) is 0 Å². The Hall–Kier alpha value is -2.31. The van der Waals surface area contributed by atoms with Crippen LogP contribution in [-0.4, -0.2) is 20.2 Å². The van der Waals surface area contributed by atoms with Gasteiger partial charge in [0.05, 0.1) is 0 Å². The summed E-state index contributed by atoms with van der Waals surface area (Å²) in [5.41, 5.74) is 1.91. The number of ether oxygens (including phenoxy) is 1. The molecule has 0 aliphatic carbocycles. The first-order chi connectivity index (χ1) is 12.2. The van der Waals surface area contributed by atoms with Crippen LogP contribution in [0.5, 0.6) is 5.75 Å². The van der Waals surface area contributed by atoms with E-state index >= 15 is 0 Å². The first-order valence-corrected chi connectivity index (χ1v) is 8.57. The number of nitrogens with one attached hydrogen (secondary N) is 1. The van der Waals surface area contributed by atoms with Gasteiger partial charge in [0.25, 0.3) is 0 Å². The van der Waals surface area contributed by atoms with Gasteiger partial charge in [0.15, 0.2) is 0 Å². The number of anilines is 1. The molecular formula is C17H17Cl2N5O. The average molecular weight is 378 g/mol. The summed E-state index contributed by atoms with van der Waals surface area (Å²) in [6, 6.07) is 13.1. The van der Waals surface area contributed by atoms with Crippen molar-refractivity contribution in [1.82, 2.24) is 20.2 Å². The summed E-state index contributed by atoms with van der Waals surface area (Å²) in [5, 5.41) is 16.0. The molecule has 1 heterocycles. The lowest BCUT2D eigenvalue weighted by atomic mass is 10.2. The summed E-state index contributed by atoms with van der Waals surface area (Å²) in [6.45, 7) is 3.57. The zero-order chi connectivity index (χ0) is 17.6. The number of hydrogen-bond donors (Lipinski definition) is 1. The highest BCUT2D eigenvalue weighted by molar-refractivity contribution is 6.30. The second-order valence-corrected chi connectivity index (χ2v) is 6.22. The summed E-state index contributed by atoms with van der Waals surface area (Å²) in [6.07, 6.45) is 0. The van der Waals surface area contributed by atoms with Gasteiger partial charge in [-0.25, -0.2) is 4.68 Å². The second kappa shape index (κ2) is 8.18. The average Bonchev–Trinajstić information content (AvgIpc) is 3.06. The van der Waals surface area contributed by atoms with Crippen molar-refractivity contribution in [1.29, 1.82) is 0 Å². The molecule has 25 heavy (non-hydrogen) atoms. The summed E-state index contributed by atoms with van der Waals surface area (Å²) in [5.74, 6) is 1.34. The van der Waals surface area contributed by atoms with Gasteiger partial charge in [0.1, 0.15) is 12.4 Å². The van der Waals surface area contributed by atoms with Crippen molar-refractivity contribution in [2.24, 2.45) is 0 Å². The summed E-state index contributed by atoms with van der Waals surface area (Å²) < 4.78 is 7.62. The Morgan fingerprint density at radius 2 is 1.96 bits per heavy atom. The molecule has 0 atom stereocenters. The molecule has 8 heteroatoms. The van der Waals surface area contributed by atoms with Gasteiger partial charge in [-0.15, -0.1) is 0 Å². The van der Waals surface area contributed by atoms with Gasteiger partial charge in [-0.1, -0.05) is 40.4 Å². The maximum atomic E-state index is 6.13. The Morgan fingerprint density at radius 1 is 1.12 bits per heavy atom. The number of halogens is 2. The van der Waals surface area contributed by atoms with Crippen LogP contribution < -0.4 is 10.1 Å². The zero-order valence-electron chi connectivity index (χ0n) is 13.6. The molecule has 3 rings (SSSR count). The lowest BCUT2D eigenvalue weighted by Gasteiger charge is -2.13. The van der Waals surface area contributed by atoms with Crippen LogP contribution >= 0.6 is 23.2 Å². The number of benzene rings is 2. The molecule has 0 aliphatic heterocycles. The van der Waals surface area contributed by atoms with Crippen LogP contribution in [0.2, 0.25) is 10.0 Å². The molecular weight excluding hydrogens is 361 g/mol. The molecule has 1 N–H and O–H groups in total. The van der Waals surface area contributed by atoms with Crippen molar-refractivity contribution in [3.05, 3.63) is 63.6 Å². The highest BCUT2D eigenvalue weighted by Crippen LogP contribution is 2.25. The minimum atomic E-state index is 0.419. The molecule has 0 bridgehead atoms. The number of nitrogens with zero attached hydrogens (tertiary/aromatic N) is 4. The van der Waals surface area contributed by atoms with Crippen LogP contribution in [0.15, 0.2) is 42.5 Å². The number of tetrazole rings is 1. The van der Waals surface area contributed by atoms with Crippen LogP contribution in [0, 0.1) is 0 Å². The van der Waals surface area contributed by atoms with E-state index in [0.29, 0.717) is 35.7 Å². The van der Waals surface area contributed by atoms with Gasteiger partial charge in [0, 0.05) is 28.7 Å². The summed E-state index contributed by atoms with van der Waals surface area (Å²) >= 11 is 12.1. The highest BCUT2D eigenvalue weighted by Gasteiger charge is 2.09. The molecule has 6 nitrogen and oxygen atoms in total. The van der Waals surface area contributed by atoms with E-state index in [1.807, 2.05) is 43.3 Å². The fourth-order valence-corrected chi connectivity index (χ4v) is 2.74. The first kappa shape index (κ1) is 17.5. The van der Waals surface area contributed by atoms with Crippen molar-refractivity contribution in [3.63, 3.8) is 0 Å². The van der Waals surface area contributed by atoms with Gasteiger partial charge in [0.2, 0.25) is 5.95 Å². The standard InChI is InChI=1S/C17H17Cl2N5O/c1-2-24-17(21-22-23-24)20-10-13-9-15(19)6-7-16(13)25-11-12-4-3-5-14(18)8-12/h3-9H,2,10-11H2,1H3,(H,20,21,23). The minimum absolute atomic E-state index is 0.419. The van der Waals surface area contributed by atoms with Crippen LogP contribution in [0.4, 0.5) is 5.95 Å². The van der Waals surface area contributed by atoms with E-state index in [2.05, 4.69) is 20.8 Å². The predicted octanol–water partition coefficient (Wildman–Crippen LogP) is 4.19. The molecule has 0 fully saturated rings. The van der Waals surface area contributed by atoms with Crippen molar-refractivity contribution in [2.45, 2.75) is 26.6 Å². The normalized spacial score (nSPS) is 10.7. The molecule has 1 aromatic heterocycles. The monoisotopic (exact) mass is 377 g/mol. The van der Waals surface area contributed by atoms with E-state index in [1.165, 1.54) is 0 Å². The SMILES string of the molecule is CCn1nnnc1NCc1cc(Cl)ccc1OCc1cccc(Cl)c1. The van der Waals surface area contributed by atoms with E-state index in [1.54, 1.807) is 10.7 Å². The van der Waals surface area contributed by atoms with E-state index in [4.69, 9.17) is 27.9 Å². The molecule has 130 valence electrons. The summed E-state index contributed by atoms with van der Waals surface area (Å²) in [7, 11) is 0. The molecule has 3 aromatic rings.